The van der Waals surface area contributed by atoms with Gasteiger partial charge in [0, 0.05) is 4.75 Å². The molecule has 2 aliphatic rings. The number of rotatable bonds is 1. The van der Waals surface area contributed by atoms with Crippen molar-refractivity contribution < 1.29 is 66.1 Å². The van der Waals surface area contributed by atoms with Crippen molar-refractivity contribution in [3.63, 3.8) is 0 Å². The quantitative estimate of drug-likeness (QED) is 0.374. The van der Waals surface area contributed by atoms with Gasteiger partial charge in [-0.3, -0.25) is 4.79 Å². The molecule has 2 fully saturated rings. The summed E-state index contributed by atoms with van der Waals surface area (Å²) in [6, 6.07) is -1.41. The minimum Gasteiger partial charge on any atom is -0.548 e. The molecule has 2 heterocycles. The Morgan fingerprint density at radius 3 is 2.60 bits per heavy atom. The van der Waals surface area contributed by atoms with E-state index in [1.807, 2.05) is 0 Å². The summed E-state index contributed by atoms with van der Waals surface area (Å²) in [5.74, 6) is -1.49. The number of carbonyl (C=O) groups is 2. The smallest absolute Gasteiger partial charge is 0.548 e. The molecule has 0 bridgehead atoms. The third-order valence-electron chi connectivity index (χ3n) is 2.71. The predicted octanol–water partition coefficient (Wildman–Crippen LogP) is -4.87. The largest absolute Gasteiger partial charge is 1.00 e. The number of carbonyl (C=O) groups excluding carboxylic acids is 2. The van der Waals surface area contributed by atoms with Crippen molar-refractivity contribution in [2.24, 2.45) is 5.73 Å². The first-order valence-corrected chi connectivity index (χ1v) is 5.20. The second kappa shape index (κ2) is 4.28. The first-order valence-electron chi connectivity index (χ1n) is 4.32. The van der Waals surface area contributed by atoms with Crippen molar-refractivity contribution in [1.29, 1.82) is 0 Å². The molecule has 0 saturated carbocycles. The molecule has 2 N–H and O–H groups in total. The van der Waals surface area contributed by atoms with E-state index in [-0.39, 0.29) is 62.7 Å². The number of carboxylic acid groups (broad SMARTS) is 1. The summed E-state index contributed by atoms with van der Waals surface area (Å²) in [5, 5.41) is 10.7. The van der Waals surface area contributed by atoms with Gasteiger partial charge in [0.1, 0.15) is 11.4 Å². The molecule has 0 aromatic carbocycles. The first-order chi connectivity index (χ1) is 6.36. The Hall–Kier alpha value is 0.886. The molecular weight excluding hydrogens is 243 g/mol. The van der Waals surface area contributed by atoms with Gasteiger partial charge in [0.25, 0.3) is 0 Å². The number of fused-ring (bicyclic) bond motifs is 1. The van der Waals surface area contributed by atoms with Crippen molar-refractivity contribution in [3.8, 4) is 0 Å². The van der Waals surface area contributed by atoms with Crippen LogP contribution in [0.4, 0.5) is 0 Å². The fourth-order valence-corrected chi connectivity index (χ4v) is 3.59. The Morgan fingerprint density at radius 2 is 2.13 bits per heavy atom. The van der Waals surface area contributed by atoms with Gasteiger partial charge in [0.05, 0.1) is 12.0 Å². The molecule has 0 spiro atoms. The van der Waals surface area contributed by atoms with E-state index in [1.54, 1.807) is 13.8 Å². The molecule has 2 saturated heterocycles. The third-order valence-corrected chi connectivity index (χ3v) is 4.30. The van der Waals surface area contributed by atoms with Crippen LogP contribution in [-0.2, 0) is 9.59 Å². The molecule has 0 aromatic heterocycles. The van der Waals surface area contributed by atoms with Crippen molar-refractivity contribution in [2.75, 3.05) is 0 Å². The fraction of sp³-hybridized carbons (Fsp3) is 0.750. The number of amides is 1. The maximum absolute atomic E-state index is 11.3. The van der Waals surface area contributed by atoms with Gasteiger partial charge in [0.15, 0.2) is 0 Å². The van der Waals surface area contributed by atoms with Crippen LogP contribution in [0.5, 0.6) is 0 Å². The van der Waals surface area contributed by atoms with Gasteiger partial charge >= 0.3 is 51.4 Å². The SMILES string of the molecule is CC1(C)S[C@@H]2[C@H](N)C(=O)N2[C@H]1C(=O)[O-].[K+]. The van der Waals surface area contributed by atoms with Gasteiger partial charge in [-0.15, -0.1) is 11.8 Å². The van der Waals surface area contributed by atoms with Crippen LogP contribution in [0, 0.1) is 0 Å². The van der Waals surface area contributed by atoms with E-state index in [2.05, 4.69) is 0 Å². The standard InChI is InChI=1S/C8H12N2O3S.K/c1-8(2)4(7(12)13)10-5(11)3(9)6(10)14-8;/h3-4,6H,9H2,1-2H3,(H,12,13);/q;+1/p-1/t3-,4+,6-;/m1./s1. The van der Waals surface area contributed by atoms with Crippen molar-refractivity contribution in [2.45, 2.75) is 36.1 Å². The molecule has 2 aliphatic heterocycles. The Bertz CT molecular complexity index is 323. The molecule has 0 unspecified atom stereocenters. The zero-order chi connectivity index (χ0) is 10.7. The zero-order valence-corrected chi connectivity index (χ0v) is 12.8. The van der Waals surface area contributed by atoms with Crippen LogP contribution < -0.4 is 62.2 Å². The Kier molecular flexibility index (Phi) is 3.98. The van der Waals surface area contributed by atoms with E-state index in [0.717, 1.165) is 0 Å². The van der Waals surface area contributed by atoms with E-state index in [9.17, 15) is 14.7 Å². The summed E-state index contributed by atoms with van der Waals surface area (Å²) in [6.45, 7) is 3.58. The summed E-state index contributed by atoms with van der Waals surface area (Å²) in [6.07, 6.45) is 0. The van der Waals surface area contributed by atoms with Gasteiger partial charge in [-0.05, 0) is 13.8 Å². The molecule has 3 atom stereocenters. The second-order valence-electron chi connectivity index (χ2n) is 4.10. The van der Waals surface area contributed by atoms with Crippen LogP contribution in [0.2, 0.25) is 0 Å². The molecular formula is C8H11KN2O3S. The number of β-lactam (4-membered cyclic amide) rings is 1. The topological polar surface area (TPSA) is 86.5 Å². The summed E-state index contributed by atoms with van der Waals surface area (Å²) < 4.78 is -0.521. The summed E-state index contributed by atoms with van der Waals surface area (Å²) in [4.78, 5) is 23.6. The maximum Gasteiger partial charge on any atom is 1.00 e. The number of thioether (sulfide) groups is 1. The average molecular weight is 254 g/mol. The maximum atomic E-state index is 11.3. The van der Waals surface area contributed by atoms with E-state index < -0.39 is 22.8 Å². The van der Waals surface area contributed by atoms with Crippen LogP contribution >= 0.6 is 11.8 Å². The Morgan fingerprint density at radius 1 is 1.60 bits per heavy atom. The molecule has 1 amide bonds. The Labute approximate surface area is 135 Å². The van der Waals surface area contributed by atoms with Gasteiger partial charge in [0.2, 0.25) is 5.91 Å². The average Bonchev–Trinajstić information content (AvgIpc) is 2.34. The number of nitrogens with zero attached hydrogens (tertiary/aromatic N) is 1. The molecule has 5 nitrogen and oxygen atoms in total. The summed E-state index contributed by atoms with van der Waals surface area (Å²) in [5.41, 5.74) is 5.57. The molecule has 2 rings (SSSR count). The van der Waals surface area contributed by atoms with Gasteiger partial charge < -0.3 is 20.5 Å². The van der Waals surface area contributed by atoms with Crippen molar-refractivity contribution >= 4 is 23.6 Å². The van der Waals surface area contributed by atoms with E-state index in [0.29, 0.717) is 0 Å². The Balaban J connectivity index is 0.00000112. The molecule has 0 aliphatic carbocycles. The van der Waals surface area contributed by atoms with Gasteiger partial charge in [-0.25, -0.2) is 0 Å². The molecule has 0 aromatic rings. The van der Waals surface area contributed by atoms with Crippen LogP contribution in [0.1, 0.15) is 13.8 Å². The van der Waals surface area contributed by atoms with E-state index >= 15 is 0 Å². The number of aliphatic carboxylic acids is 1. The van der Waals surface area contributed by atoms with Crippen LogP contribution in [-0.4, -0.2) is 39.0 Å². The van der Waals surface area contributed by atoms with Crippen LogP contribution in [0.25, 0.3) is 0 Å². The third kappa shape index (κ3) is 1.92. The monoisotopic (exact) mass is 254 g/mol. The minimum absolute atomic E-state index is 0. The normalized spacial score (nSPS) is 36.6. The van der Waals surface area contributed by atoms with Gasteiger partial charge in [-0.2, -0.15) is 0 Å². The molecule has 15 heavy (non-hydrogen) atoms. The van der Waals surface area contributed by atoms with Crippen molar-refractivity contribution in [1.82, 2.24) is 4.90 Å². The van der Waals surface area contributed by atoms with Crippen LogP contribution in [0.3, 0.4) is 0 Å². The molecule has 7 heteroatoms. The summed E-state index contributed by atoms with van der Waals surface area (Å²) in [7, 11) is 0. The first kappa shape index (κ1) is 13.9. The predicted molar refractivity (Wildman–Crippen MR) is 49.1 cm³/mol. The van der Waals surface area contributed by atoms with Crippen LogP contribution in [0.15, 0.2) is 0 Å². The van der Waals surface area contributed by atoms with E-state index in [4.69, 9.17) is 5.73 Å². The van der Waals surface area contributed by atoms with Crippen molar-refractivity contribution in [3.05, 3.63) is 0 Å². The fourth-order valence-electron chi connectivity index (χ4n) is 2.02. The number of hydrogen-bond donors (Lipinski definition) is 1. The second-order valence-corrected chi connectivity index (χ2v) is 5.88. The number of nitrogens with two attached hydrogens (primary N) is 1. The number of hydrogen-bond acceptors (Lipinski definition) is 5. The zero-order valence-electron chi connectivity index (χ0n) is 8.89. The molecule has 78 valence electrons. The summed E-state index contributed by atoms with van der Waals surface area (Å²) >= 11 is 1.43. The minimum atomic E-state index is -1.20. The van der Waals surface area contributed by atoms with Gasteiger partial charge in [-0.1, -0.05) is 0 Å². The number of carboxylic acids is 1. The van der Waals surface area contributed by atoms with E-state index in [1.165, 1.54) is 16.7 Å². The molecule has 0 radical (unpaired) electrons.